The number of H-pyrrole nitrogens is 1. The summed E-state index contributed by atoms with van der Waals surface area (Å²) in [7, 11) is 0. The molecular formula is C15H11N3O4S. The number of rotatable bonds is 4. The van der Waals surface area contributed by atoms with Crippen LogP contribution in [0.2, 0.25) is 0 Å². The van der Waals surface area contributed by atoms with Crippen LogP contribution in [0.25, 0.3) is 10.9 Å². The van der Waals surface area contributed by atoms with Crippen LogP contribution in [-0.2, 0) is 9.53 Å². The quantitative estimate of drug-likeness (QED) is 0.710. The number of carbonyl (C=O) groups is 3. The Kier molecular flexibility index (Phi) is 4.15. The van der Waals surface area contributed by atoms with Gasteiger partial charge in [-0.05, 0) is 17.5 Å². The van der Waals surface area contributed by atoms with Crippen molar-refractivity contribution in [3.05, 3.63) is 52.3 Å². The van der Waals surface area contributed by atoms with E-state index in [2.05, 4.69) is 15.5 Å². The molecule has 2 heterocycles. The van der Waals surface area contributed by atoms with E-state index in [-0.39, 0.29) is 5.69 Å². The minimum absolute atomic E-state index is 0.0954. The fourth-order valence-electron chi connectivity index (χ4n) is 1.95. The SMILES string of the molecule is O=C(COC(=O)c1n[nH]c2ccccc12)NC(=O)c1cccs1. The summed E-state index contributed by atoms with van der Waals surface area (Å²) in [5, 5.41) is 11.1. The van der Waals surface area contributed by atoms with Crippen molar-refractivity contribution < 1.29 is 19.1 Å². The lowest BCUT2D eigenvalue weighted by molar-refractivity contribution is -0.123. The van der Waals surface area contributed by atoms with Crippen LogP contribution in [0, 0.1) is 0 Å². The molecule has 23 heavy (non-hydrogen) atoms. The van der Waals surface area contributed by atoms with Crippen molar-refractivity contribution in [3.63, 3.8) is 0 Å². The Morgan fingerprint density at radius 2 is 2.00 bits per heavy atom. The van der Waals surface area contributed by atoms with Crippen LogP contribution in [0.1, 0.15) is 20.2 Å². The molecule has 0 unspecified atom stereocenters. The highest BCUT2D eigenvalue weighted by Gasteiger charge is 2.18. The van der Waals surface area contributed by atoms with E-state index in [0.29, 0.717) is 15.8 Å². The second-order valence-electron chi connectivity index (χ2n) is 4.55. The van der Waals surface area contributed by atoms with Crippen LogP contribution in [0.5, 0.6) is 0 Å². The molecule has 3 aromatic rings. The Balaban J connectivity index is 1.58. The number of hydrogen-bond donors (Lipinski definition) is 2. The van der Waals surface area contributed by atoms with E-state index in [1.165, 1.54) is 11.3 Å². The third-order valence-electron chi connectivity index (χ3n) is 3.00. The maximum atomic E-state index is 12.0. The lowest BCUT2D eigenvalue weighted by Crippen LogP contribution is -2.33. The second kappa shape index (κ2) is 6.41. The van der Waals surface area contributed by atoms with Gasteiger partial charge in [0.15, 0.2) is 12.3 Å². The summed E-state index contributed by atoms with van der Waals surface area (Å²) in [6, 6.07) is 10.4. The Morgan fingerprint density at radius 1 is 1.17 bits per heavy atom. The predicted octanol–water partition coefficient (Wildman–Crippen LogP) is 1.74. The van der Waals surface area contributed by atoms with Gasteiger partial charge in [-0.2, -0.15) is 5.10 Å². The van der Waals surface area contributed by atoms with Gasteiger partial charge in [-0.25, -0.2) is 4.79 Å². The van der Waals surface area contributed by atoms with Crippen molar-refractivity contribution in [3.8, 4) is 0 Å². The van der Waals surface area contributed by atoms with Gasteiger partial charge in [0.1, 0.15) is 0 Å². The highest BCUT2D eigenvalue weighted by molar-refractivity contribution is 7.12. The van der Waals surface area contributed by atoms with E-state index in [1.807, 2.05) is 0 Å². The lowest BCUT2D eigenvalue weighted by atomic mass is 10.2. The van der Waals surface area contributed by atoms with Crippen molar-refractivity contribution in [2.24, 2.45) is 0 Å². The van der Waals surface area contributed by atoms with Gasteiger partial charge in [0, 0.05) is 5.39 Å². The first-order valence-corrected chi connectivity index (χ1v) is 7.51. The summed E-state index contributed by atoms with van der Waals surface area (Å²) in [5.74, 6) is -1.95. The summed E-state index contributed by atoms with van der Waals surface area (Å²) in [4.78, 5) is 35.7. The van der Waals surface area contributed by atoms with Crippen molar-refractivity contribution >= 4 is 40.0 Å². The maximum absolute atomic E-state index is 12.0. The average molecular weight is 329 g/mol. The van der Waals surface area contributed by atoms with E-state index < -0.39 is 24.4 Å². The van der Waals surface area contributed by atoms with Gasteiger partial charge in [0.25, 0.3) is 11.8 Å². The van der Waals surface area contributed by atoms with Gasteiger partial charge in [0.05, 0.1) is 10.4 Å². The van der Waals surface area contributed by atoms with Crippen LogP contribution < -0.4 is 5.32 Å². The highest BCUT2D eigenvalue weighted by Crippen LogP contribution is 2.15. The molecule has 3 rings (SSSR count). The summed E-state index contributed by atoms with van der Waals surface area (Å²) in [6.07, 6.45) is 0. The number of carbonyl (C=O) groups excluding carboxylic acids is 3. The van der Waals surface area contributed by atoms with Gasteiger partial charge in [-0.1, -0.05) is 24.3 Å². The number of hydrogen-bond acceptors (Lipinski definition) is 6. The molecule has 7 nitrogen and oxygen atoms in total. The minimum atomic E-state index is -0.735. The number of esters is 1. The molecule has 0 radical (unpaired) electrons. The normalized spacial score (nSPS) is 10.4. The average Bonchev–Trinajstić information content (AvgIpc) is 3.22. The third kappa shape index (κ3) is 3.27. The number of benzene rings is 1. The van der Waals surface area contributed by atoms with Crippen LogP contribution in [0.15, 0.2) is 41.8 Å². The minimum Gasteiger partial charge on any atom is -0.451 e. The lowest BCUT2D eigenvalue weighted by Gasteiger charge is -2.03. The topological polar surface area (TPSA) is 101 Å². The fraction of sp³-hybridized carbons (Fsp3) is 0.0667. The van der Waals surface area contributed by atoms with Crippen LogP contribution in [0.3, 0.4) is 0 Å². The predicted molar refractivity (Wildman–Crippen MR) is 83.2 cm³/mol. The van der Waals surface area contributed by atoms with Crippen LogP contribution >= 0.6 is 11.3 Å². The number of aromatic amines is 1. The molecule has 0 saturated carbocycles. The smallest absolute Gasteiger partial charge is 0.359 e. The first kappa shape index (κ1) is 14.9. The zero-order valence-corrected chi connectivity index (χ0v) is 12.6. The van der Waals surface area contributed by atoms with Gasteiger partial charge in [-0.15, -0.1) is 11.3 Å². The summed E-state index contributed by atoms with van der Waals surface area (Å²) in [6.45, 7) is -0.558. The number of imide groups is 1. The zero-order chi connectivity index (χ0) is 16.2. The Hall–Kier alpha value is -3.00. The number of ether oxygens (including phenoxy) is 1. The molecular weight excluding hydrogens is 318 g/mol. The number of para-hydroxylation sites is 1. The number of aromatic nitrogens is 2. The molecule has 2 N–H and O–H groups in total. The van der Waals surface area contributed by atoms with Crippen molar-refractivity contribution in [2.45, 2.75) is 0 Å². The monoisotopic (exact) mass is 329 g/mol. The number of nitrogens with zero attached hydrogens (tertiary/aromatic N) is 1. The van der Waals surface area contributed by atoms with E-state index in [4.69, 9.17) is 4.74 Å². The first-order chi connectivity index (χ1) is 11.1. The highest BCUT2D eigenvalue weighted by atomic mass is 32.1. The first-order valence-electron chi connectivity index (χ1n) is 6.63. The number of nitrogens with one attached hydrogen (secondary N) is 2. The number of thiophene rings is 1. The summed E-state index contributed by atoms with van der Waals surface area (Å²) >= 11 is 1.21. The largest absolute Gasteiger partial charge is 0.451 e. The molecule has 1 aromatic carbocycles. The molecule has 0 aliphatic rings. The number of amides is 2. The van der Waals surface area contributed by atoms with E-state index in [1.54, 1.807) is 41.8 Å². The molecule has 0 aliphatic heterocycles. The summed E-state index contributed by atoms with van der Waals surface area (Å²) in [5.41, 5.74) is 0.787. The number of fused-ring (bicyclic) bond motifs is 1. The zero-order valence-electron chi connectivity index (χ0n) is 11.7. The standard InChI is InChI=1S/C15H11N3O4S/c19-12(16-14(20)11-6-3-7-23-11)8-22-15(21)13-9-4-1-2-5-10(9)17-18-13/h1-7H,8H2,(H,17,18)(H,16,19,20). The van der Waals surface area contributed by atoms with E-state index in [0.717, 1.165) is 0 Å². The van der Waals surface area contributed by atoms with Crippen molar-refractivity contribution in [1.82, 2.24) is 15.5 Å². The van der Waals surface area contributed by atoms with E-state index in [9.17, 15) is 14.4 Å². The Morgan fingerprint density at radius 3 is 2.78 bits per heavy atom. The van der Waals surface area contributed by atoms with Gasteiger partial charge in [0.2, 0.25) is 0 Å². The molecule has 0 aliphatic carbocycles. The molecule has 0 atom stereocenters. The molecule has 0 spiro atoms. The van der Waals surface area contributed by atoms with Gasteiger partial charge < -0.3 is 4.74 Å². The second-order valence-corrected chi connectivity index (χ2v) is 5.50. The van der Waals surface area contributed by atoms with Gasteiger partial charge in [-0.3, -0.25) is 20.0 Å². The van der Waals surface area contributed by atoms with Crippen LogP contribution in [-0.4, -0.2) is 34.6 Å². The van der Waals surface area contributed by atoms with Crippen LogP contribution in [0.4, 0.5) is 0 Å². The molecule has 0 saturated heterocycles. The maximum Gasteiger partial charge on any atom is 0.359 e. The van der Waals surface area contributed by atoms with Crippen molar-refractivity contribution in [2.75, 3.05) is 6.61 Å². The third-order valence-corrected chi connectivity index (χ3v) is 3.86. The molecule has 116 valence electrons. The Bertz CT molecular complexity index is 870. The summed E-state index contributed by atoms with van der Waals surface area (Å²) < 4.78 is 4.89. The van der Waals surface area contributed by atoms with Crippen molar-refractivity contribution in [1.29, 1.82) is 0 Å². The Labute approximate surface area is 134 Å². The molecule has 2 aromatic heterocycles. The molecule has 0 bridgehead atoms. The molecule has 0 fully saturated rings. The fourth-order valence-corrected chi connectivity index (χ4v) is 2.57. The molecule has 2 amide bonds. The van der Waals surface area contributed by atoms with Gasteiger partial charge >= 0.3 is 5.97 Å². The van der Waals surface area contributed by atoms with E-state index >= 15 is 0 Å². The molecule has 8 heteroatoms.